The minimum absolute atomic E-state index is 0.172. The molecule has 2 aliphatic heterocycles. The van der Waals surface area contributed by atoms with E-state index in [-0.39, 0.29) is 55.9 Å². The summed E-state index contributed by atoms with van der Waals surface area (Å²) in [5.74, 6) is -0.620. The molecule has 0 bridgehead atoms. The van der Waals surface area contributed by atoms with E-state index in [9.17, 15) is 19.2 Å². The summed E-state index contributed by atoms with van der Waals surface area (Å²) in [6.45, 7) is 4.06. The molecule has 9 nitrogen and oxygen atoms in total. The quantitative estimate of drug-likeness (QED) is 0.411. The maximum atomic E-state index is 13.4. The van der Waals surface area contributed by atoms with Crippen LogP contribution in [0.15, 0.2) is 48.5 Å². The molecule has 1 fully saturated rings. The number of nitrogens with zero attached hydrogens (tertiary/aromatic N) is 2. The van der Waals surface area contributed by atoms with Crippen LogP contribution in [-0.2, 0) is 19.1 Å². The predicted octanol–water partition coefficient (Wildman–Crippen LogP) is 2.86. The molecule has 0 aliphatic carbocycles. The Morgan fingerprint density at radius 2 is 1.92 bits per heavy atom. The summed E-state index contributed by atoms with van der Waals surface area (Å²) >= 11 is 0. The molecule has 1 saturated heterocycles. The molecule has 0 spiro atoms. The smallest absolute Gasteiger partial charge is 0.310 e. The van der Waals surface area contributed by atoms with Crippen LogP contribution in [-0.4, -0.2) is 67.4 Å². The van der Waals surface area contributed by atoms with Crippen LogP contribution < -0.4 is 14.4 Å². The zero-order chi connectivity index (χ0) is 25.7. The van der Waals surface area contributed by atoms with Crippen LogP contribution in [0, 0.1) is 5.92 Å². The van der Waals surface area contributed by atoms with E-state index in [0.29, 0.717) is 42.1 Å². The average molecular weight is 495 g/mol. The third kappa shape index (κ3) is 5.50. The third-order valence-electron chi connectivity index (χ3n) is 6.37. The molecule has 0 radical (unpaired) electrons. The summed E-state index contributed by atoms with van der Waals surface area (Å²) in [6, 6.07) is 13.0. The third-order valence-corrected chi connectivity index (χ3v) is 6.37. The van der Waals surface area contributed by atoms with Gasteiger partial charge in [0.05, 0.1) is 18.2 Å². The van der Waals surface area contributed by atoms with E-state index in [4.69, 9.17) is 14.2 Å². The van der Waals surface area contributed by atoms with Crippen molar-refractivity contribution in [3.05, 3.63) is 54.1 Å². The Bertz CT molecular complexity index is 1130. The standard InChI is InChI=1S/C27H30N2O7/c1-3-34-27(33)20-8-7-13-28(15-20)26(32)18(2)29-22-14-19(11-12-24(22)36-17-25(29)31)23(30)16-35-21-9-5-4-6-10-21/h4-6,9-12,14,18,20H,3,7-8,13,15-17H2,1-2H3. The maximum Gasteiger partial charge on any atom is 0.310 e. The van der Waals surface area contributed by atoms with Crippen molar-refractivity contribution in [2.75, 3.05) is 37.8 Å². The van der Waals surface area contributed by atoms with E-state index in [0.717, 1.165) is 0 Å². The van der Waals surface area contributed by atoms with Crippen molar-refractivity contribution in [2.24, 2.45) is 5.92 Å². The van der Waals surface area contributed by atoms with Crippen molar-refractivity contribution >= 4 is 29.3 Å². The van der Waals surface area contributed by atoms with Crippen LogP contribution in [0.4, 0.5) is 5.69 Å². The number of piperidine rings is 1. The van der Waals surface area contributed by atoms with Crippen molar-refractivity contribution in [3.63, 3.8) is 0 Å². The Labute approximate surface area is 209 Å². The Kier molecular flexibility index (Phi) is 7.87. The number of esters is 1. The van der Waals surface area contributed by atoms with Gasteiger partial charge in [-0.2, -0.15) is 0 Å². The monoisotopic (exact) mass is 494 g/mol. The first-order valence-electron chi connectivity index (χ1n) is 12.1. The second-order valence-electron chi connectivity index (χ2n) is 8.81. The summed E-state index contributed by atoms with van der Waals surface area (Å²) in [5, 5.41) is 0. The number of ether oxygens (including phenoxy) is 3. The van der Waals surface area contributed by atoms with Gasteiger partial charge in [0, 0.05) is 18.7 Å². The Morgan fingerprint density at radius 1 is 1.14 bits per heavy atom. The van der Waals surface area contributed by atoms with Crippen LogP contribution in [0.3, 0.4) is 0 Å². The van der Waals surface area contributed by atoms with E-state index in [1.165, 1.54) is 4.90 Å². The van der Waals surface area contributed by atoms with Gasteiger partial charge in [0.1, 0.15) is 17.5 Å². The van der Waals surface area contributed by atoms with Crippen LogP contribution >= 0.6 is 0 Å². The normalized spacial score (nSPS) is 18.1. The number of Topliss-reactive ketones (excluding diaryl/α,β-unsaturated/α-hetero) is 1. The summed E-state index contributed by atoms with van der Waals surface area (Å²) in [6.07, 6.45) is 1.34. The van der Waals surface area contributed by atoms with Gasteiger partial charge in [0.25, 0.3) is 5.91 Å². The molecular formula is C27H30N2O7. The summed E-state index contributed by atoms with van der Waals surface area (Å²) in [7, 11) is 0. The fraction of sp³-hybridized carbons (Fsp3) is 0.407. The lowest BCUT2D eigenvalue weighted by atomic mass is 9.97. The molecule has 2 unspecified atom stereocenters. The Balaban J connectivity index is 1.50. The van der Waals surface area contributed by atoms with E-state index in [2.05, 4.69) is 0 Å². The highest BCUT2D eigenvalue weighted by atomic mass is 16.5. The molecular weight excluding hydrogens is 464 g/mol. The second kappa shape index (κ2) is 11.2. The van der Waals surface area contributed by atoms with Gasteiger partial charge in [-0.25, -0.2) is 0 Å². The number of benzene rings is 2. The predicted molar refractivity (Wildman–Crippen MR) is 131 cm³/mol. The molecule has 4 rings (SSSR count). The summed E-state index contributed by atoms with van der Waals surface area (Å²) < 4.78 is 16.3. The van der Waals surface area contributed by atoms with Crippen molar-refractivity contribution in [3.8, 4) is 11.5 Å². The molecule has 2 atom stereocenters. The van der Waals surface area contributed by atoms with Crippen molar-refractivity contribution in [2.45, 2.75) is 32.7 Å². The van der Waals surface area contributed by atoms with Crippen LogP contribution in [0.1, 0.15) is 37.0 Å². The number of likely N-dealkylation sites (tertiary alicyclic amines) is 1. The number of hydrogen-bond acceptors (Lipinski definition) is 7. The number of carbonyl (C=O) groups is 4. The largest absolute Gasteiger partial charge is 0.485 e. The number of para-hydroxylation sites is 1. The minimum atomic E-state index is -0.841. The molecule has 0 N–H and O–H groups in total. The molecule has 0 saturated carbocycles. The highest BCUT2D eigenvalue weighted by molar-refractivity contribution is 6.06. The number of hydrogen-bond donors (Lipinski definition) is 0. The lowest BCUT2D eigenvalue weighted by molar-refractivity contribution is -0.151. The molecule has 2 amide bonds. The Hall–Kier alpha value is -3.88. The molecule has 2 aliphatic rings. The van der Waals surface area contributed by atoms with E-state index >= 15 is 0 Å². The number of rotatable bonds is 8. The topological polar surface area (TPSA) is 102 Å². The van der Waals surface area contributed by atoms with Crippen LogP contribution in [0.2, 0.25) is 0 Å². The zero-order valence-corrected chi connectivity index (χ0v) is 20.5. The van der Waals surface area contributed by atoms with E-state index in [1.807, 2.05) is 18.2 Å². The second-order valence-corrected chi connectivity index (χ2v) is 8.81. The molecule has 190 valence electrons. The average Bonchev–Trinajstić information content (AvgIpc) is 2.91. The number of fused-ring (bicyclic) bond motifs is 1. The first kappa shape index (κ1) is 25.2. The fourth-order valence-corrected chi connectivity index (χ4v) is 4.52. The molecule has 2 aromatic carbocycles. The van der Waals surface area contributed by atoms with Gasteiger partial charge in [-0.1, -0.05) is 18.2 Å². The highest BCUT2D eigenvalue weighted by Crippen LogP contribution is 2.35. The van der Waals surface area contributed by atoms with Gasteiger partial charge in [-0.3, -0.25) is 24.1 Å². The first-order valence-corrected chi connectivity index (χ1v) is 12.1. The lowest BCUT2D eigenvalue weighted by Gasteiger charge is -2.38. The number of amides is 2. The van der Waals surface area contributed by atoms with Crippen molar-refractivity contribution < 1.29 is 33.4 Å². The van der Waals surface area contributed by atoms with E-state index < -0.39 is 6.04 Å². The minimum Gasteiger partial charge on any atom is -0.485 e. The van der Waals surface area contributed by atoms with Crippen molar-refractivity contribution in [1.29, 1.82) is 0 Å². The molecule has 2 aromatic rings. The van der Waals surface area contributed by atoms with Gasteiger partial charge >= 0.3 is 5.97 Å². The lowest BCUT2D eigenvalue weighted by Crippen LogP contribution is -2.54. The van der Waals surface area contributed by atoms with Gasteiger partial charge in [-0.05, 0) is 57.0 Å². The van der Waals surface area contributed by atoms with Gasteiger partial charge in [-0.15, -0.1) is 0 Å². The van der Waals surface area contributed by atoms with Gasteiger partial charge < -0.3 is 19.1 Å². The molecule has 9 heteroatoms. The van der Waals surface area contributed by atoms with E-state index in [1.54, 1.807) is 49.1 Å². The molecule has 2 heterocycles. The summed E-state index contributed by atoms with van der Waals surface area (Å²) in [5.41, 5.74) is 0.699. The fourth-order valence-electron chi connectivity index (χ4n) is 4.52. The van der Waals surface area contributed by atoms with Crippen LogP contribution in [0.25, 0.3) is 0 Å². The van der Waals surface area contributed by atoms with Gasteiger partial charge in [0.15, 0.2) is 19.0 Å². The SMILES string of the molecule is CCOC(=O)C1CCCN(C(=O)C(C)N2C(=O)COc3ccc(C(=O)COc4ccccc4)cc32)C1. The molecule has 0 aromatic heterocycles. The van der Waals surface area contributed by atoms with Crippen molar-refractivity contribution in [1.82, 2.24) is 4.90 Å². The zero-order valence-electron chi connectivity index (χ0n) is 20.5. The van der Waals surface area contributed by atoms with Crippen LogP contribution in [0.5, 0.6) is 11.5 Å². The number of ketones is 1. The maximum absolute atomic E-state index is 13.4. The molecule has 36 heavy (non-hydrogen) atoms. The number of anilines is 1. The Morgan fingerprint density at radius 3 is 2.67 bits per heavy atom. The van der Waals surface area contributed by atoms with Gasteiger partial charge in [0.2, 0.25) is 5.91 Å². The number of carbonyl (C=O) groups excluding carboxylic acids is 4. The highest BCUT2D eigenvalue weighted by Gasteiger charge is 2.38. The summed E-state index contributed by atoms with van der Waals surface area (Å²) in [4.78, 5) is 54.3. The first-order chi connectivity index (χ1) is 17.4.